The minimum atomic E-state index is -1.09. The number of carboxylic acids is 1. The van der Waals surface area contributed by atoms with Crippen molar-refractivity contribution in [1.82, 2.24) is 4.98 Å². The van der Waals surface area contributed by atoms with Gasteiger partial charge >= 0.3 is 0 Å². The van der Waals surface area contributed by atoms with Crippen molar-refractivity contribution in [2.45, 2.75) is 33.1 Å². The number of aromatic nitrogens is 1. The molecule has 2 aliphatic carbocycles. The second kappa shape index (κ2) is 6.50. The maximum absolute atomic E-state index is 12.7. The number of amides is 1. The van der Waals surface area contributed by atoms with Crippen LogP contribution in [0.3, 0.4) is 0 Å². The fraction of sp³-hybridized carbons (Fsp3) is 0.450. The summed E-state index contributed by atoms with van der Waals surface area (Å²) in [6.45, 7) is 4.12. The number of aliphatic carboxylic acids is 1. The molecule has 1 aromatic carbocycles. The fourth-order valence-corrected chi connectivity index (χ4v) is 5.28. The van der Waals surface area contributed by atoms with E-state index in [0.717, 1.165) is 30.5 Å². The third kappa shape index (κ3) is 2.92. The summed E-state index contributed by atoms with van der Waals surface area (Å²) in [6, 6.07) is 6.16. The molecule has 2 fully saturated rings. The van der Waals surface area contributed by atoms with E-state index in [1.54, 1.807) is 0 Å². The Balaban J connectivity index is 1.51. The van der Waals surface area contributed by atoms with Gasteiger partial charge in [-0.2, -0.15) is 0 Å². The maximum Gasteiger partial charge on any atom is 0.230 e. The van der Waals surface area contributed by atoms with E-state index < -0.39 is 17.8 Å². The highest BCUT2D eigenvalue weighted by Crippen LogP contribution is 2.52. The van der Waals surface area contributed by atoms with Gasteiger partial charge in [0.1, 0.15) is 0 Å². The van der Waals surface area contributed by atoms with Crippen molar-refractivity contribution in [2.24, 2.45) is 23.7 Å². The van der Waals surface area contributed by atoms with Crippen molar-refractivity contribution in [3.8, 4) is 11.3 Å². The Morgan fingerprint density at radius 2 is 1.88 bits per heavy atom. The lowest BCUT2D eigenvalue weighted by Crippen LogP contribution is -2.43. The number of thiazole rings is 1. The average Bonchev–Trinajstić information content (AvgIpc) is 3.32. The first-order chi connectivity index (χ1) is 12.4. The van der Waals surface area contributed by atoms with Crippen molar-refractivity contribution in [1.29, 1.82) is 0 Å². The molecular weight excluding hydrogens is 348 g/mol. The van der Waals surface area contributed by atoms with Gasteiger partial charge in [0.05, 0.1) is 5.69 Å². The lowest BCUT2D eigenvalue weighted by molar-refractivity contribution is -0.314. The second-order valence-electron chi connectivity index (χ2n) is 7.53. The molecule has 1 aromatic heterocycles. The molecule has 0 saturated heterocycles. The summed E-state index contributed by atoms with van der Waals surface area (Å²) in [5.74, 6) is -2.23. The number of carbonyl (C=O) groups is 2. The molecule has 4 rings (SSSR count). The lowest BCUT2D eigenvalue weighted by atomic mass is 9.79. The van der Waals surface area contributed by atoms with E-state index in [0.29, 0.717) is 5.13 Å². The molecule has 4 unspecified atom stereocenters. The van der Waals surface area contributed by atoms with E-state index in [1.807, 2.05) is 11.4 Å². The molecule has 0 radical (unpaired) electrons. The molecule has 2 saturated carbocycles. The number of aryl methyl sites for hydroxylation is 2. The Morgan fingerprint density at radius 3 is 2.58 bits per heavy atom. The largest absolute Gasteiger partial charge is 0.550 e. The summed E-state index contributed by atoms with van der Waals surface area (Å²) < 4.78 is 0. The zero-order valence-electron chi connectivity index (χ0n) is 14.8. The molecule has 136 valence electrons. The number of carboxylic acid groups (broad SMARTS) is 1. The first kappa shape index (κ1) is 17.2. The normalized spacial score (nSPS) is 26.8. The molecule has 0 aliphatic heterocycles. The molecule has 2 aromatic rings. The third-order valence-corrected chi connectivity index (χ3v) is 6.79. The number of anilines is 1. The van der Waals surface area contributed by atoms with Gasteiger partial charge in [-0.15, -0.1) is 11.3 Å². The van der Waals surface area contributed by atoms with Crippen LogP contribution in [0.15, 0.2) is 23.6 Å². The van der Waals surface area contributed by atoms with Gasteiger partial charge in [-0.1, -0.05) is 12.1 Å². The van der Waals surface area contributed by atoms with E-state index >= 15 is 0 Å². The van der Waals surface area contributed by atoms with Gasteiger partial charge in [-0.3, -0.25) is 4.79 Å². The van der Waals surface area contributed by atoms with E-state index in [9.17, 15) is 14.7 Å². The van der Waals surface area contributed by atoms with E-state index in [4.69, 9.17) is 0 Å². The maximum atomic E-state index is 12.7. The van der Waals surface area contributed by atoms with Crippen LogP contribution in [0.25, 0.3) is 11.3 Å². The predicted octanol–water partition coefficient (Wildman–Crippen LogP) is 2.78. The van der Waals surface area contributed by atoms with Gasteiger partial charge in [0, 0.05) is 28.7 Å². The number of benzene rings is 1. The molecule has 6 heteroatoms. The second-order valence-corrected chi connectivity index (χ2v) is 8.39. The molecule has 4 atom stereocenters. The summed E-state index contributed by atoms with van der Waals surface area (Å²) in [4.78, 5) is 28.7. The summed E-state index contributed by atoms with van der Waals surface area (Å²) in [7, 11) is 0. The Hall–Kier alpha value is -2.21. The third-order valence-electron chi connectivity index (χ3n) is 6.03. The summed E-state index contributed by atoms with van der Waals surface area (Å²) in [5.41, 5.74) is 4.25. The van der Waals surface area contributed by atoms with Crippen molar-refractivity contribution in [2.75, 3.05) is 5.32 Å². The SMILES string of the molecule is Cc1ccc(-c2csc(NC(=O)C3C4CCC(C4)C3C(=O)[O-])n2)cc1C. The van der Waals surface area contributed by atoms with Crippen molar-refractivity contribution in [3.63, 3.8) is 0 Å². The van der Waals surface area contributed by atoms with Crippen molar-refractivity contribution >= 4 is 28.3 Å². The van der Waals surface area contributed by atoms with Crippen LogP contribution in [0, 0.1) is 37.5 Å². The molecule has 0 spiro atoms. The van der Waals surface area contributed by atoms with Gasteiger partial charge < -0.3 is 15.2 Å². The number of fused-ring (bicyclic) bond motifs is 2. The van der Waals surface area contributed by atoms with Crippen LogP contribution in [0.1, 0.15) is 30.4 Å². The first-order valence-electron chi connectivity index (χ1n) is 8.99. The number of hydrogen-bond donors (Lipinski definition) is 1. The van der Waals surface area contributed by atoms with Crippen LogP contribution in [0.2, 0.25) is 0 Å². The molecule has 2 bridgehead atoms. The predicted molar refractivity (Wildman–Crippen MR) is 98.5 cm³/mol. The Bertz CT molecular complexity index is 876. The van der Waals surface area contributed by atoms with Gasteiger partial charge in [0.2, 0.25) is 5.91 Å². The van der Waals surface area contributed by atoms with Crippen LogP contribution in [-0.2, 0) is 9.59 Å². The Kier molecular flexibility index (Phi) is 4.31. The first-order valence-corrected chi connectivity index (χ1v) is 9.87. The van der Waals surface area contributed by atoms with Crippen LogP contribution in [-0.4, -0.2) is 16.9 Å². The Morgan fingerprint density at radius 1 is 1.15 bits per heavy atom. The zero-order chi connectivity index (χ0) is 18.4. The smallest absolute Gasteiger partial charge is 0.230 e. The number of nitrogens with one attached hydrogen (secondary N) is 1. The number of hydrogen-bond acceptors (Lipinski definition) is 5. The molecule has 1 amide bonds. The average molecular weight is 369 g/mol. The molecule has 26 heavy (non-hydrogen) atoms. The lowest BCUT2D eigenvalue weighted by Gasteiger charge is -2.30. The number of nitrogens with zero attached hydrogens (tertiary/aromatic N) is 1. The summed E-state index contributed by atoms with van der Waals surface area (Å²) >= 11 is 1.37. The van der Waals surface area contributed by atoms with E-state index in [2.05, 4.69) is 36.3 Å². The minimum absolute atomic E-state index is 0.0862. The summed E-state index contributed by atoms with van der Waals surface area (Å²) in [6.07, 6.45) is 2.64. The van der Waals surface area contributed by atoms with Gasteiger partial charge in [0.25, 0.3) is 0 Å². The standard InChI is InChI=1S/C20H22N2O3S/c1-10-3-4-12(7-11(10)2)15-9-26-20(21-15)22-18(23)16-13-5-6-14(8-13)17(16)19(24)25/h3-4,7,9,13-14,16-17H,5-6,8H2,1-2H3,(H,24,25)(H,21,22,23)/p-1. The van der Waals surface area contributed by atoms with Crippen molar-refractivity contribution < 1.29 is 14.7 Å². The molecular formula is C20H21N2O3S-. The highest BCUT2D eigenvalue weighted by atomic mass is 32.1. The van der Waals surface area contributed by atoms with Crippen LogP contribution in [0.4, 0.5) is 5.13 Å². The monoisotopic (exact) mass is 369 g/mol. The fourth-order valence-electron chi connectivity index (χ4n) is 4.56. The van der Waals surface area contributed by atoms with Gasteiger partial charge in [0.15, 0.2) is 5.13 Å². The van der Waals surface area contributed by atoms with Crippen molar-refractivity contribution in [3.05, 3.63) is 34.7 Å². The van der Waals surface area contributed by atoms with E-state index in [1.165, 1.54) is 22.5 Å². The highest BCUT2D eigenvalue weighted by molar-refractivity contribution is 7.14. The quantitative estimate of drug-likeness (QED) is 0.898. The molecule has 1 N–H and O–H groups in total. The summed E-state index contributed by atoms with van der Waals surface area (Å²) in [5, 5.41) is 16.8. The molecule has 1 heterocycles. The zero-order valence-corrected chi connectivity index (χ0v) is 15.6. The minimum Gasteiger partial charge on any atom is -0.550 e. The van der Waals surface area contributed by atoms with Gasteiger partial charge in [-0.05, 0) is 62.1 Å². The highest BCUT2D eigenvalue weighted by Gasteiger charge is 2.51. The van der Waals surface area contributed by atoms with Crippen LogP contribution < -0.4 is 10.4 Å². The molecule has 5 nitrogen and oxygen atoms in total. The number of rotatable bonds is 4. The van der Waals surface area contributed by atoms with Crippen LogP contribution in [0.5, 0.6) is 0 Å². The van der Waals surface area contributed by atoms with E-state index in [-0.39, 0.29) is 17.7 Å². The van der Waals surface area contributed by atoms with Crippen LogP contribution >= 0.6 is 11.3 Å². The Labute approximate surface area is 156 Å². The molecule has 2 aliphatic rings. The number of carbonyl (C=O) groups excluding carboxylic acids is 2. The van der Waals surface area contributed by atoms with Gasteiger partial charge in [-0.25, -0.2) is 4.98 Å². The topological polar surface area (TPSA) is 82.1 Å².